The molecule has 15 heavy (non-hydrogen) atoms. The number of hydrogen-bond acceptors (Lipinski definition) is 4. The predicted octanol–water partition coefficient (Wildman–Crippen LogP) is 1.75. The summed E-state index contributed by atoms with van der Waals surface area (Å²) in [5, 5.41) is 0.0202. The van der Waals surface area contributed by atoms with E-state index in [9.17, 15) is 0 Å². The zero-order valence-electron chi connectivity index (χ0n) is 13.2. The van der Waals surface area contributed by atoms with E-state index in [1.807, 2.05) is 27.7 Å². The average molecular weight is 229 g/mol. The van der Waals surface area contributed by atoms with E-state index >= 15 is 0 Å². The van der Waals surface area contributed by atoms with Crippen LogP contribution in [0.1, 0.15) is 38.2 Å². The molecule has 1 aromatic heterocycles. The molecule has 0 N–H and O–H groups in total. The van der Waals surface area contributed by atoms with Crippen LogP contribution in [0.15, 0.2) is 5.36 Å². The molecule has 0 spiro atoms. The van der Waals surface area contributed by atoms with Gasteiger partial charge in [-0.2, -0.15) is 0 Å². The second kappa shape index (κ2) is 3.30. The molecule has 5 heteroatoms. The molecule has 0 unspecified atom stereocenters. The Balaban J connectivity index is 2.33. The third-order valence-corrected chi connectivity index (χ3v) is 3.55. The van der Waals surface area contributed by atoms with Gasteiger partial charge in [-0.05, 0) is 34.5 Å². The fourth-order valence-corrected chi connectivity index (χ4v) is 1.80. The Bertz CT molecular complexity index is 484. The first-order valence-electron chi connectivity index (χ1n) is 6.77. The third-order valence-electron chi connectivity index (χ3n) is 2.95. The van der Waals surface area contributed by atoms with Crippen molar-refractivity contribution in [2.24, 2.45) is 0 Å². The Morgan fingerprint density at radius 1 is 1.40 bits per heavy atom. The van der Waals surface area contributed by atoms with Crippen molar-refractivity contribution in [1.82, 2.24) is 4.98 Å². The van der Waals surface area contributed by atoms with E-state index in [1.54, 1.807) is 0 Å². The summed E-state index contributed by atoms with van der Waals surface area (Å²) in [6.07, 6.45) is 0. The Morgan fingerprint density at radius 3 is 2.47 bits per heavy atom. The summed E-state index contributed by atoms with van der Waals surface area (Å²) >= 11 is 0.841. The number of thiazole rings is 1. The molecule has 1 fully saturated rings. The topological polar surface area (TPSA) is 31.4 Å². The fraction of sp³-hybridized carbons (Fsp3) is 0.700. The minimum atomic E-state index is -2.30. The lowest BCUT2D eigenvalue weighted by atomic mass is 9.86. The minimum absolute atomic E-state index is 0.0535. The van der Waals surface area contributed by atoms with Crippen LogP contribution in [0.2, 0.25) is 0 Å². The highest BCUT2D eigenvalue weighted by Gasteiger charge is 2.52. The molecule has 0 atom stereocenters. The average Bonchev–Trinajstić information content (AvgIpc) is 2.65. The van der Waals surface area contributed by atoms with Crippen LogP contribution < -0.4 is 5.59 Å². The van der Waals surface area contributed by atoms with Gasteiger partial charge in [0.25, 0.3) is 0 Å². The summed E-state index contributed by atoms with van der Waals surface area (Å²) in [6, 6.07) is 0. The summed E-state index contributed by atoms with van der Waals surface area (Å²) < 4.78 is 41.4. The van der Waals surface area contributed by atoms with Crippen molar-refractivity contribution in [3.05, 3.63) is 10.4 Å². The van der Waals surface area contributed by atoms with E-state index in [2.05, 4.69) is 4.98 Å². The van der Waals surface area contributed by atoms with Crippen LogP contribution in [0.3, 0.4) is 0 Å². The monoisotopic (exact) mass is 229 g/mol. The van der Waals surface area contributed by atoms with Gasteiger partial charge in [0.05, 0.1) is 23.2 Å². The van der Waals surface area contributed by atoms with Gasteiger partial charge in [-0.25, -0.2) is 0 Å². The molecule has 0 saturated carbocycles. The van der Waals surface area contributed by atoms with Crippen molar-refractivity contribution in [3.63, 3.8) is 0 Å². The quantitative estimate of drug-likeness (QED) is 0.687. The molecule has 1 aliphatic rings. The van der Waals surface area contributed by atoms with Crippen molar-refractivity contribution < 1.29 is 14.8 Å². The number of rotatable bonds is 1. The molecule has 1 aromatic rings. The van der Waals surface area contributed by atoms with E-state index in [0.717, 1.165) is 11.3 Å². The predicted molar refractivity (Wildman–Crippen MR) is 62.6 cm³/mol. The largest absolute Gasteiger partial charge is 0.515 e. The molecule has 2 rings (SSSR count). The van der Waals surface area contributed by atoms with Crippen molar-refractivity contribution in [3.8, 4) is 0 Å². The second-order valence-corrected chi connectivity index (χ2v) is 5.39. The highest BCUT2D eigenvalue weighted by Crippen LogP contribution is 2.36. The van der Waals surface area contributed by atoms with Crippen molar-refractivity contribution in [2.75, 3.05) is 0 Å². The van der Waals surface area contributed by atoms with Crippen LogP contribution in [0.25, 0.3) is 0 Å². The van der Waals surface area contributed by atoms with Gasteiger partial charge in [-0.3, -0.25) is 4.98 Å². The van der Waals surface area contributed by atoms with Crippen LogP contribution in [-0.2, 0) is 9.31 Å². The maximum Gasteiger partial charge on any atom is 0.515 e. The minimum Gasteiger partial charge on any atom is -0.398 e. The fourth-order valence-electron chi connectivity index (χ4n) is 1.31. The highest BCUT2D eigenvalue weighted by atomic mass is 32.1. The lowest BCUT2D eigenvalue weighted by Gasteiger charge is -2.32. The van der Waals surface area contributed by atoms with E-state index in [4.69, 9.17) is 14.8 Å². The van der Waals surface area contributed by atoms with E-state index in [-0.39, 0.29) is 16.0 Å². The molecule has 2 heterocycles. The molecule has 0 radical (unpaired) electrons. The van der Waals surface area contributed by atoms with Gasteiger partial charge in [0.1, 0.15) is 0 Å². The lowest BCUT2D eigenvalue weighted by Crippen LogP contribution is -2.41. The smallest absolute Gasteiger partial charge is 0.398 e. The van der Waals surface area contributed by atoms with Gasteiger partial charge in [0.15, 0.2) is 0 Å². The normalized spacial score (nSPS) is 28.1. The molecule has 0 aliphatic carbocycles. The van der Waals surface area contributed by atoms with Gasteiger partial charge in [-0.1, -0.05) is 0 Å². The Labute approximate surface area is 101 Å². The second-order valence-electron chi connectivity index (χ2n) is 4.59. The Hall–Kier alpha value is -0.385. The van der Waals surface area contributed by atoms with E-state index < -0.39 is 25.2 Å². The van der Waals surface area contributed by atoms with Gasteiger partial charge >= 0.3 is 7.12 Å². The number of aromatic nitrogens is 1. The first-order valence-corrected chi connectivity index (χ1v) is 5.59. The SMILES string of the molecule is [2H]c1sc(C([2H])([2H])[2H])nc1B1OC(C)(C)C(C)(C)O1. The standard InChI is InChI=1S/C10H16BNO2S/c1-7-12-8(6-15-7)11-13-9(2,3)10(4,5)14-11/h6H,1-5H3/i1D3,6D. The third kappa shape index (κ3) is 1.84. The Kier molecular flexibility index (Phi) is 1.55. The summed E-state index contributed by atoms with van der Waals surface area (Å²) in [4.78, 5) is 4.01. The maximum atomic E-state index is 7.84. The maximum absolute atomic E-state index is 7.84. The van der Waals surface area contributed by atoms with Crippen LogP contribution in [0.5, 0.6) is 0 Å². The van der Waals surface area contributed by atoms with Crippen molar-refractivity contribution in [2.45, 2.75) is 45.7 Å². The molecule has 0 amide bonds. The molecule has 0 aromatic carbocycles. The molecule has 1 saturated heterocycles. The van der Waals surface area contributed by atoms with Crippen LogP contribution in [0, 0.1) is 6.85 Å². The molecule has 82 valence electrons. The molecule has 0 bridgehead atoms. The summed E-state index contributed by atoms with van der Waals surface area (Å²) in [6.45, 7) is 5.28. The summed E-state index contributed by atoms with van der Waals surface area (Å²) in [7, 11) is -0.787. The van der Waals surface area contributed by atoms with Gasteiger partial charge < -0.3 is 9.31 Å². The molecular weight excluding hydrogens is 209 g/mol. The highest BCUT2D eigenvalue weighted by molar-refractivity contribution is 7.10. The van der Waals surface area contributed by atoms with E-state index in [0.29, 0.717) is 0 Å². The molecule has 3 nitrogen and oxygen atoms in total. The van der Waals surface area contributed by atoms with Crippen LogP contribution >= 0.6 is 11.3 Å². The molecule has 1 aliphatic heterocycles. The van der Waals surface area contributed by atoms with Crippen LogP contribution in [-0.4, -0.2) is 23.3 Å². The summed E-state index contributed by atoms with van der Waals surface area (Å²) in [5.41, 5.74) is -0.823. The Morgan fingerprint density at radius 2 is 2.00 bits per heavy atom. The zero-order valence-corrected chi connectivity index (χ0v) is 10.1. The first-order chi connectivity index (χ1) is 8.44. The van der Waals surface area contributed by atoms with E-state index in [1.165, 1.54) is 0 Å². The number of hydrogen-bond donors (Lipinski definition) is 0. The van der Waals surface area contributed by atoms with Crippen molar-refractivity contribution in [1.29, 1.82) is 0 Å². The van der Waals surface area contributed by atoms with Gasteiger partial charge in [0, 0.05) is 9.47 Å². The molecular formula is C10H16BNO2S. The number of aryl methyl sites for hydroxylation is 1. The lowest BCUT2D eigenvalue weighted by molar-refractivity contribution is 0.00578. The van der Waals surface area contributed by atoms with Crippen LogP contribution in [0.4, 0.5) is 0 Å². The zero-order chi connectivity index (χ0) is 14.6. The summed E-state index contributed by atoms with van der Waals surface area (Å²) in [5.74, 6) is 0. The number of nitrogens with zero attached hydrogens (tertiary/aromatic N) is 1. The first kappa shape index (κ1) is 7.04. The van der Waals surface area contributed by atoms with Gasteiger partial charge in [-0.15, -0.1) is 11.3 Å². The van der Waals surface area contributed by atoms with Gasteiger partial charge in [0.2, 0.25) is 0 Å². The van der Waals surface area contributed by atoms with Crippen molar-refractivity contribution >= 4 is 24.0 Å².